The summed E-state index contributed by atoms with van der Waals surface area (Å²) in [5.74, 6) is -57.0. The maximum Gasteiger partial charge on any atom is 0.460 e. The van der Waals surface area contributed by atoms with Crippen LogP contribution >= 0.6 is 0 Å². The molecule has 0 N–H and O–H groups in total. The van der Waals surface area contributed by atoms with Crippen molar-refractivity contribution in [2.45, 2.75) is 85.3 Å². The van der Waals surface area contributed by atoms with Crippen LogP contribution < -0.4 is 0 Å². The molecule has 0 aliphatic rings. The van der Waals surface area contributed by atoms with Crippen LogP contribution in [0.1, 0.15) is 25.3 Å². The van der Waals surface area contributed by atoms with Crippen molar-refractivity contribution in [3.8, 4) is 0 Å². The molecule has 1 atom stereocenters. The molecule has 234 valence electrons. The molecule has 0 bridgehead atoms. The Balaban J connectivity index is 3.31. The summed E-state index contributed by atoms with van der Waals surface area (Å²) in [5.41, 5.74) is 0.511. The molecule has 0 amide bonds. The van der Waals surface area contributed by atoms with Crippen molar-refractivity contribution >= 4 is 10.1 Å². The van der Waals surface area contributed by atoms with E-state index in [1.165, 1.54) is 19.1 Å². The fourth-order valence-corrected chi connectivity index (χ4v) is 3.87. The number of benzene rings is 1. The molecule has 0 radical (unpaired) electrons. The first-order valence-corrected chi connectivity index (χ1v) is 11.5. The zero-order valence-corrected chi connectivity index (χ0v) is 20.2. The van der Waals surface area contributed by atoms with E-state index in [0.29, 0.717) is 12.5 Å². The molecule has 0 fully saturated rings. The lowest BCUT2D eigenvalue weighted by atomic mass is 9.88. The molecule has 0 aliphatic carbocycles. The van der Waals surface area contributed by atoms with Crippen molar-refractivity contribution in [3.05, 3.63) is 29.8 Å². The number of halogens is 17. The molecule has 3 nitrogen and oxygen atoms in total. The quantitative estimate of drug-likeness (QED) is 0.172. The molecule has 1 aromatic carbocycles. The maximum absolute atomic E-state index is 14.0. The fourth-order valence-electron chi connectivity index (χ4n) is 2.76. The van der Waals surface area contributed by atoms with E-state index < -0.39 is 81.6 Å². The minimum atomic E-state index is -8.71. The van der Waals surface area contributed by atoms with Crippen LogP contribution in [0.15, 0.2) is 29.2 Å². The largest absolute Gasteiger partial charge is 0.460 e. The molecule has 0 aromatic heterocycles. The van der Waals surface area contributed by atoms with Crippen LogP contribution in [0.5, 0.6) is 0 Å². The van der Waals surface area contributed by atoms with Crippen LogP contribution in [0.25, 0.3) is 0 Å². The molecule has 1 unspecified atom stereocenters. The molecule has 0 saturated heterocycles. The molecule has 0 heterocycles. The highest BCUT2D eigenvalue weighted by molar-refractivity contribution is 7.86. The van der Waals surface area contributed by atoms with E-state index in [1.54, 1.807) is 0 Å². The van der Waals surface area contributed by atoms with Crippen molar-refractivity contribution in [2.75, 3.05) is 0 Å². The highest BCUT2D eigenvalue weighted by Crippen LogP contribution is 2.64. The molecule has 0 spiro atoms. The molecular weight excluding hydrogens is 631 g/mol. The molecule has 0 saturated carbocycles. The Morgan fingerprint density at radius 2 is 0.975 bits per heavy atom. The summed E-state index contributed by atoms with van der Waals surface area (Å²) in [6, 6.07) is 4.26. The lowest BCUT2D eigenvalue weighted by Gasteiger charge is -2.42. The summed E-state index contributed by atoms with van der Waals surface area (Å²) in [6.07, 6.45) is -14.5. The predicted octanol–water partition coefficient (Wildman–Crippen LogP) is 7.88. The summed E-state index contributed by atoms with van der Waals surface area (Å²) in [6.45, 7) is 2.06. The topological polar surface area (TPSA) is 43.4 Å². The van der Waals surface area contributed by atoms with Crippen molar-refractivity contribution in [3.63, 3.8) is 0 Å². The third-order valence-electron chi connectivity index (χ3n) is 5.25. The second-order valence-corrected chi connectivity index (χ2v) is 9.93. The van der Waals surface area contributed by atoms with Gasteiger partial charge in [-0.15, -0.1) is 0 Å². The van der Waals surface area contributed by atoms with E-state index in [4.69, 9.17) is 0 Å². The Labute approximate surface area is 213 Å². The Morgan fingerprint density at radius 1 is 0.625 bits per heavy atom. The number of rotatable bonds is 12. The normalized spacial score (nSPS) is 16.3. The lowest BCUT2D eigenvalue weighted by Crippen LogP contribution is -2.74. The molecule has 21 heteroatoms. The second kappa shape index (κ2) is 10.3. The number of hydrogen-bond donors (Lipinski definition) is 0. The lowest BCUT2D eigenvalue weighted by molar-refractivity contribution is -0.461. The van der Waals surface area contributed by atoms with E-state index in [1.807, 2.05) is 0 Å². The first kappa shape index (κ1) is 36.0. The number of hydrogen-bond acceptors (Lipinski definition) is 3. The summed E-state index contributed by atoms with van der Waals surface area (Å²) in [4.78, 5) is -0.632. The van der Waals surface area contributed by atoms with Crippen LogP contribution in [0.3, 0.4) is 0 Å². The van der Waals surface area contributed by atoms with E-state index >= 15 is 0 Å². The standard InChI is InChI=1S/C19H15F17O3S/c1-9-3-5-11(6-4-9)40(37,38)39-10(2)7-8-12(20,21)13(22,23)14(24,25)15(26,27)16(28,29)17(30,31)18(32,33)19(34,35)36/h3-6,10H,7-8H2,1-2H3. The van der Waals surface area contributed by atoms with Gasteiger partial charge in [-0.1, -0.05) is 17.7 Å². The Kier molecular flexibility index (Phi) is 9.29. The zero-order valence-electron chi connectivity index (χ0n) is 19.4. The summed E-state index contributed by atoms with van der Waals surface area (Å²) >= 11 is 0. The van der Waals surface area contributed by atoms with Crippen LogP contribution in [0.4, 0.5) is 74.6 Å². The Morgan fingerprint density at radius 3 is 1.35 bits per heavy atom. The first-order chi connectivity index (χ1) is 17.3. The third-order valence-corrected chi connectivity index (χ3v) is 6.68. The minimum absolute atomic E-state index is 0.511. The van der Waals surface area contributed by atoms with Crippen LogP contribution in [-0.4, -0.2) is 62.2 Å². The average Bonchev–Trinajstić information content (AvgIpc) is 2.76. The van der Waals surface area contributed by atoms with Gasteiger partial charge in [0.2, 0.25) is 0 Å². The zero-order chi connectivity index (χ0) is 32.2. The number of aryl methyl sites for hydroxylation is 1. The van der Waals surface area contributed by atoms with Gasteiger partial charge >= 0.3 is 47.6 Å². The predicted molar refractivity (Wildman–Crippen MR) is 98.8 cm³/mol. The Hall–Kier alpha value is -2.06. The monoisotopic (exact) mass is 646 g/mol. The van der Waals surface area contributed by atoms with Gasteiger partial charge in [0.05, 0.1) is 11.0 Å². The smallest absolute Gasteiger partial charge is 0.263 e. The van der Waals surface area contributed by atoms with Crippen molar-refractivity contribution in [1.29, 1.82) is 0 Å². The highest BCUT2D eigenvalue weighted by atomic mass is 32.2. The van der Waals surface area contributed by atoms with Crippen LogP contribution in [0.2, 0.25) is 0 Å². The van der Waals surface area contributed by atoms with Crippen LogP contribution in [0, 0.1) is 6.92 Å². The van der Waals surface area contributed by atoms with Crippen molar-refractivity contribution in [2.24, 2.45) is 0 Å². The second-order valence-electron chi connectivity index (χ2n) is 8.36. The van der Waals surface area contributed by atoms with Gasteiger partial charge in [0.1, 0.15) is 0 Å². The Bertz CT molecular complexity index is 1140. The van der Waals surface area contributed by atoms with Gasteiger partial charge in [0.25, 0.3) is 10.1 Å². The minimum Gasteiger partial charge on any atom is -0.263 e. The van der Waals surface area contributed by atoms with Gasteiger partial charge in [-0.05, 0) is 32.4 Å². The summed E-state index contributed by atoms with van der Waals surface area (Å²) < 4.78 is 254. The fraction of sp³-hybridized carbons (Fsp3) is 0.684. The maximum atomic E-state index is 14.0. The SMILES string of the molecule is Cc1ccc(S(=O)(=O)OC(C)CCC(F)(F)C(F)(F)C(F)(F)C(F)(F)C(F)(F)C(F)(F)C(F)(F)C(F)(F)F)cc1. The van der Waals surface area contributed by atoms with Gasteiger partial charge in [-0.3, -0.25) is 4.18 Å². The van der Waals surface area contributed by atoms with Gasteiger partial charge in [0.15, 0.2) is 0 Å². The van der Waals surface area contributed by atoms with Gasteiger partial charge in [-0.2, -0.15) is 83.1 Å². The van der Waals surface area contributed by atoms with Gasteiger partial charge < -0.3 is 0 Å². The van der Waals surface area contributed by atoms with E-state index in [9.17, 15) is 83.1 Å². The van der Waals surface area contributed by atoms with E-state index in [-0.39, 0.29) is 0 Å². The molecular formula is C19H15F17O3S. The molecule has 0 aliphatic heterocycles. The molecule has 40 heavy (non-hydrogen) atoms. The summed E-state index contributed by atoms with van der Waals surface area (Å²) in [7, 11) is -4.84. The highest BCUT2D eigenvalue weighted by Gasteiger charge is 2.95. The van der Waals surface area contributed by atoms with Crippen LogP contribution in [-0.2, 0) is 14.3 Å². The average molecular weight is 646 g/mol. The van der Waals surface area contributed by atoms with Crippen molar-refractivity contribution < 1.29 is 87.2 Å². The third kappa shape index (κ3) is 5.67. The molecule has 1 rings (SSSR count). The van der Waals surface area contributed by atoms with Gasteiger partial charge in [0, 0.05) is 6.42 Å². The van der Waals surface area contributed by atoms with Gasteiger partial charge in [-0.25, -0.2) is 0 Å². The molecule has 1 aromatic rings. The van der Waals surface area contributed by atoms with E-state index in [0.717, 1.165) is 12.1 Å². The summed E-state index contributed by atoms with van der Waals surface area (Å²) in [5, 5.41) is 0. The number of alkyl halides is 17. The van der Waals surface area contributed by atoms with E-state index in [2.05, 4.69) is 4.18 Å². The van der Waals surface area contributed by atoms with Crippen molar-refractivity contribution in [1.82, 2.24) is 0 Å². The first-order valence-electron chi connectivity index (χ1n) is 10.1.